The fourth-order valence-electron chi connectivity index (χ4n) is 7.02. The van der Waals surface area contributed by atoms with E-state index in [0.717, 1.165) is 42.4 Å². The van der Waals surface area contributed by atoms with Gasteiger partial charge in [-0.25, -0.2) is 0 Å². The molecule has 3 aliphatic rings. The van der Waals surface area contributed by atoms with Crippen LogP contribution in [0.4, 0.5) is 0 Å². The molecule has 1 aromatic rings. The number of carbonyl (C=O) groups is 1. The maximum Gasteiger partial charge on any atom is 0.314 e. The first-order valence-electron chi connectivity index (χ1n) is 13.4. The molecule has 0 aliphatic heterocycles. The minimum Gasteiger partial charge on any atom is -0.426 e. The number of nitrogens with zero attached hydrogens (tertiary/aromatic N) is 1. The Morgan fingerprint density at radius 1 is 0.875 bits per heavy atom. The Kier molecular flexibility index (Phi) is 8.28. The Labute approximate surface area is 194 Å². The lowest BCUT2D eigenvalue weighted by molar-refractivity contribution is -0.140. The summed E-state index contributed by atoms with van der Waals surface area (Å²) in [5, 5.41) is 8.90. The Bertz CT molecular complexity index is 771. The number of esters is 1. The van der Waals surface area contributed by atoms with Crippen molar-refractivity contribution in [2.45, 2.75) is 96.8 Å². The Hall–Kier alpha value is -1.82. The van der Waals surface area contributed by atoms with Gasteiger partial charge in [0.25, 0.3) is 0 Å². The number of unbranched alkanes of at least 4 members (excludes halogenated alkanes) is 2. The predicted molar refractivity (Wildman–Crippen MR) is 128 cm³/mol. The van der Waals surface area contributed by atoms with Crippen molar-refractivity contribution in [1.29, 1.82) is 5.26 Å². The zero-order valence-corrected chi connectivity index (χ0v) is 19.9. The van der Waals surface area contributed by atoms with Gasteiger partial charge < -0.3 is 4.74 Å². The molecular formula is C29H41NO2. The second-order valence-electron chi connectivity index (χ2n) is 10.9. The number of rotatable bonds is 7. The number of nitriles is 1. The summed E-state index contributed by atoms with van der Waals surface area (Å²) in [4.78, 5) is 12.6. The van der Waals surface area contributed by atoms with Crippen molar-refractivity contribution in [1.82, 2.24) is 0 Å². The Morgan fingerprint density at radius 3 is 2.19 bits per heavy atom. The van der Waals surface area contributed by atoms with E-state index >= 15 is 0 Å². The van der Waals surface area contributed by atoms with Crippen LogP contribution in [0.2, 0.25) is 0 Å². The molecule has 0 bridgehead atoms. The summed E-state index contributed by atoms with van der Waals surface area (Å²) in [6.45, 7) is 2.31. The zero-order chi connectivity index (χ0) is 22.3. The molecule has 0 saturated heterocycles. The van der Waals surface area contributed by atoms with E-state index < -0.39 is 0 Å². The number of hydrogen-bond acceptors (Lipinski definition) is 3. The van der Waals surface area contributed by atoms with E-state index in [1.165, 1.54) is 77.0 Å². The third-order valence-electron chi connectivity index (χ3n) is 8.95. The molecule has 0 aromatic heterocycles. The van der Waals surface area contributed by atoms with Crippen LogP contribution in [0.1, 0.15) is 102 Å². The van der Waals surface area contributed by atoms with E-state index in [9.17, 15) is 4.79 Å². The summed E-state index contributed by atoms with van der Waals surface area (Å²) in [7, 11) is 0. The maximum atomic E-state index is 12.6. The highest BCUT2D eigenvalue weighted by Crippen LogP contribution is 2.49. The first kappa shape index (κ1) is 23.3. The topological polar surface area (TPSA) is 50.1 Å². The number of hydrogen-bond donors (Lipinski definition) is 0. The van der Waals surface area contributed by atoms with E-state index in [1.807, 2.05) is 0 Å². The van der Waals surface area contributed by atoms with Gasteiger partial charge in [0.05, 0.1) is 17.6 Å². The molecule has 174 valence electrons. The summed E-state index contributed by atoms with van der Waals surface area (Å²) in [5.41, 5.74) is 0.588. The standard InChI is InChI=1S/C29H41NO2/c1-2-3-4-5-21-6-9-27-19-26(15-14-25(27)18-21)23-10-12-24(13-11-23)29(31)32-28-16-7-22(20-30)8-17-28/h7-8,16-17,21,23-27H,2-6,9-15,18-19H2,1H3. The van der Waals surface area contributed by atoms with Gasteiger partial charge in [-0.1, -0.05) is 39.0 Å². The Balaban J connectivity index is 1.20. The molecule has 3 heteroatoms. The average molecular weight is 436 g/mol. The van der Waals surface area contributed by atoms with Crippen LogP contribution in [0.25, 0.3) is 0 Å². The monoisotopic (exact) mass is 435 g/mol. The first-order chi connectivity index (χ1) is 15.7. The summed E-state index contributed by atoms with van der Waals surface area (Å²) in [6, 6.07) is 8.94. The van der Waals surface area contributed by atoms with Gasteiger partial charge in [0.1, 0.15) is 5.75 Å². The van der Waals surface area contributed by atoms with Crippen molar-refractivity contribution >= 4 is 5.97 Å². The van der Waals surface area contributed by atoms with Crippen LogP contribution in [0.5, 0.6) is 5.75 Å². The van der Waals surface area contributed by atoms with Crippen LogP contribution < -0.4 is 4.74 Å². The van der Waals surface area contributed by atoms with Crippen molar-refractivity contribution in [3.8, 4) is 11.8 Å². The van der Waals surface area contributed by atoms with Gasteiger partial charge in [-0.3, -0.25) is 4.79 Å². The molecule has 3 aliphatic carbocycles. The van der Waals surface area contributed by atoms with Crippen molar-refractivity contribution in [2.75, 3.05) is 0 Å². The second-order valence-corrected chi connectivity index (χ2v) is 10.9. The molecule has 0 heterocycles. The lowest BCUT2D eigenvalue weighted by Crippen LogP contribution is -2.35. The van der Waals surface area contributed by atoms with Crippen LogP contribution in [0, 0.1) is 46.8 Å². The molecule has 1 aromatic carbocycles. The van der Waals surface area contributed by atoms with Gasteiger partial charge in [0.2, 0.25) is 0 Å². The number of benzene rings is 1. The third kappa shape index (κ3) is 5.94. The van der Waals surface area contributed by atoms with Crippen molar-refractivity contribution in [2.24, 2.45) is 35.5 Å². The van der Waals surface area contributed by atoms with Crippen LogP contribution in [-0.2, 0) is 4.79 Å². The van der Waals surface area contributed by atoms with Gasteiger partial charge >= 0.3 is 5.97 Å². The molecule has 4 unspecified atom stereocenters. The fourth-order valence-corrected chi connectivity index (χ4v) is 7.02. The van der Waals surface area contributed by atoms with E-state index in [4.69, 9.17) is 10.00 Å². The van der Waals surface area contributed by atoms with Crippen molar-refractivity contribution < 1.29 is 9.53 Å². The number of fused-ring (bicyclic) bond motifs is 1. The van der Waals surface area contributed by atoms with Gasteiger partial charge in [-0.15, -0.1) is 0 Å². The highest BCUT2D eigenvalue weighted by Gasteiger charge is 2.39. The lowest BCUT2D eigenvalue weighted by Gasteiger charge is -2.45. The normalized spacial score (nSPS) is 32.5. The van der Waals surface area contributed by atoms with Crippen LogP contribution >= 0.6 is 0 Å². The highest BCUT2D eigenvalue weighted by atomic mass is 16.5. The van der Waals surface area contributed by atoms with E-state index in [2.05, 4.69) is 13.0 Å². The van der Waals surface area contributed by atoms with Crippen LogP contribution in [-0.4, -0.2) is 5.97 Å². The zero-order valence-electron chi connectivity index (χ0n) is 19.9. The molecule has 0 radical (unpaired) electrons. The Morgan fingerprint density at radius 2 is 1.50 bits per heavy atom. The summed E-state index contributed by atoms with van der Waals surface area (Å²) < 4.78 is 5.60. The van der Waals surface area contributed by atoms with E-state index in [1.54, 1.807) is 24.3 Å². The number of ether oxygens (including phenoxy) is 1. The molecule has 0 spiro atoms. The molecular weight excluding hydrogens is 394 g/mol. The highest BCUT2D eigenvalue weighted by molar-refractivity contribution is 5.75. The largest absolute Gasteiger partial charge is 0.426 e. The maximum absolute atomic E-state index is 12.6. The predicted octanol–water partition coefficient (Wildman–Crippen LogP) is 7.68. The molecule has 4 rings (SSSR count). The smallest absolute Gasteiger partial charge is 0.314 e. The molecule has 3 saturated carbocycles. The number of carbonyl (C=O) groups excluding carboxylic acids is 1. The van der Waals surface area contributed by atoms with E-state index in [-0.39, 0.29) is 11.9 Å². The van der Waals surface area contributed by atoms with Gasteiger partial charge in [-0.05, 0) is 112 Å². The van der Waals surface area contributed by atoms with Gasteiger partial charge in [0.15, 0.2) is 0 Å². The first-order valence-corrected chi connectivity index (χ1v) is 13.4. The SMILES string of the molecule is CCCCCC1CCC2CC(C3CCC(C(=O)Oc4ccc(C#N)cc4)CC3)CCC2C1. The molecule has 3 nitrogen and oxygen atoms in total. The van der Waals surface area contributed by atoms with E-state index in [0.29, 0.717) is 11.3 Å². The van der Waals surface area contributed by atoms with Crippen LogP contribution in [0.15, 0.2) is 24.3 Å². The minimum atomic E-state index is -0.0849. The lowest BCUT2D eigenvalue weighted by atomic mass is 9.60. The average Bonchev–Trinajstić information content (AvgIpc) is 2.84. The van der Waals surface area contributed by atoms with Crippen molar-refractivity contribution in [3.05, 3.63) is 29.8 Å². The summed E-state index contributed by atoms with van der Waals surface area (Å²) in [5.74, 6) is 5.22. The second kappa shape index (κ2) is 11.4. The van der Waals surface area contributed by atoms with Crippen LogP contribution in [0.3, 0.4) is 0 Å². The third-order valence-corrected chi connectivity index (χ3v) is 8.95. The quantitative estimate of drug-likeness (QED) is 0.251. The summed E-state index contributed by atoms with van der Waals surface area (Å²) >= 11 is 0. The molecule has 32 heavy (non-hydrogen) atoms. The minimum absolute atomic E-state index is 0.0387. The molecule has 0 N–H and O–H groups in total. The van der Waals surface area contributed by atoms with Crippen molar-refractivity contribution in [3.63, 3.8) is 0 Å². The molecule has 4 atom stereocenters. The molecule has 3 fully saturated rings. The van der Waals surface area contributed by atoms with Gasteiger partial charge in [-0.2, -0.15) is 5.26 Å². The summed E-state index contributed by atoms with van der Waals surface area (Å²) in [6.07, 6.45) is 18.8. The fraction of sp³-hybridized carbons (Fsp3) is 0.724. The van der Waals surface area contributed by atoms with Gasteiger partial charge in [0, 0.05) is 0 Å². The molecule has 0 amide bonds.